The Balaban J connectivity index is 1.50. The fourth-order valence-corrected chi connectivity index (χ4v) is 7.73. The van der Waals surface area contributed by atoms with Crippen molar-refractivity contribution in [1.29, 1.82) is 0 Å². The summed E-state index contributed by atoms with van der Waals surface area (Å²) >= 11 is 0. The van der Waals surface area contributed by atoms with E-state index < -0.39 is 34.1 Å². The Hall–Kier alpha value is -1.98. The van der Waals surface area contributed by atoms with Crippen LogP contribution < -0.4 is 0 Å². The van der Waals surface area contributed by atoms with Crippen molar-refractivity contribution < 1.29 is 24.5 Å². The number of ketones is 1. The molecule has 0 amide bonds. The number of cyclic esters (lactones) is 1. The van der Waals surface area contributed by atoms with E-state index in [1.165, 1.54) is 5.57 Å². The molecule has 1 fully saturated rings. The Bertz CT molecular complexity index is 1060. The van der Waals surface area contributed by atoms with Gasteiger partial charge in [-0.3, -0.25) is 4.79 Å². The van der Waals surface area contributed by atoms with Crippen molar-refractivity contribution in [3.8, 4) is 0 Å². The van der Waals surface area contributed by atoms with Gasteiger partial charge in [0.25, 0.3) is 0 Å². The normalized spacial score (nSPS) is 44.3. The van der Waals surface area contributed by atoms with Crippen LogP contribution >= 0.6 is 0 Å². The number of hydrogen-bond donors (Lipinski definition) is 2. The van der Waals surface area contributed by atoms with Crippen LogP contribution in [0.5, 0.6) is 0 Å². The number of hydrogen-bond acceptors (Lipinski definition) is 5. The van der Waals surface area contributed by atoms with Crippen LogP contribution in [0.4, 0.5) is 0 Å². The zero-order valence-electron chi connectivity index (χ0n) is 20.4. The first-order valence-corrected chi connectivity index (χ1v) is 12.3. The SMILES string of the molecule is CC1=C(C)C(=O)OC(C(C)(O)C2(O)CC=C3C4CC=C5CC=CC(=O)C5(C)C4CCC32C)C1. The second-order valence-electron chi connectivity index (χ2n) is 11.6. The Labute approximate surface area is 196 Å². The van der Waals surface area contributed by atoms with E-state index in [1.54, 1.807) is 19.9 Å². The largest absolute Gasteiger partial charge is 0.455 e. The second kappa shape index (κ2) is 7.02. The number of allylic oxidation sites excluding steroid dienone is 4. The summed E-state index contributed by atoms with van der Waals surface area (Å²) in [5.41, 5.74) is -0.355. The molecule has 2 N–H and O–H groups in total. The highest BCUT2D eigenvalue weighted by molar-refractivity contribution is 5.98. The molecular weight excluding hydrogens is 416 g/mol. The molecule has 7 unspecified atom stereocenters. The summed E-state index contributed by atoms with van der Waals surface area (Å²) in [7, 11) is 0. The van der Waals surface area contributed by atoms with E-state index in [4.69, 9.17) is 4.74 Å². The average molecular weight is 453 g/mol. The van der Waals surface area contributed by atoms with Gasteiger partial charge < -0.3 is 14.9 Å². The minimum absolute atomic E-state index is 0.163. The van der Waals surface area contributed by atoms with E-state index in [1.807, 2.05) is 13.0 Å². The summed E-state index contributed by atoms with van der Waals surface area (Å²) in [6, 6.07) is 0. The van der Waals surface area contributed by atoms with Crippen LogP contribution in [0, 0.1) is 22.7 Å². The Morgan fingerprint density at radius 3 is 2.61 bits per heavy atom. The number of carbonyl (C=O) groups is 2. The molecule has 1 heterocycles. The Morgan fingerprint density at radius 1 is 1.18 bits per heavy atom. The van der Waals surface area contributed by atoms with Gasteiger partial charge in [0.05, 0.1) is 5.41 Å². The van der Waals surface area contributed by atoms with E-state index in [0.717, 1.165) is 30.4 Å². The van der Waals surface area contributed by atoms with E-state index in [0.29, 0.717) is 24.8 Å². The molecule has 5 nitrogen and oxygen atoms in total. The molecule has 33 heavy (non-hydrogen) atoms. The molecule has 1 saturated carbocycles. The minimum atomic E-state index is -1.62. The van der Waals surface area contributed by atoms with Gasteiger partial charge in [-0.05, 0) is 77.7 Å². The summed E-state index contributed by atoms with van der Waals surface area (Å²) < 4.78 is 5.65. The van der Waals surface area contributed by atoms with Crippen molar-refractivity contribution >= 4 is 11.8 Å². The van der Waals surface area contributed by atoms with Crippen molar-refractivity contribution in [3.63, 3.8) is 0 Å². The highest BCUT2D eigenvalue weighted by atomic mass is 16.6. The Kier molecular flexibility index (Phi) is 4.85. The Morgan fingerprint density at radius 2 is 1.91 bits per heavy atom. The quantitative estimate of drug-likeness (QED) is 0.481. The fourth-order valence-electron chi connectivity index (χ4n) is 7.73. The monoisotopic (exact) mass is 452 g/mol. The molecule has 0 aromatic carbocycles. The minimum Gasteiger partial charge on any atom is -0.455 e. The van der Waals surface area contributed by atoms with E-state index >= 15 is 0 Å². The topological polar surface area (TPSA) is 83.8 Å². The van der Waals surface area contributed by atoms with E-state index in [2.05, 4.69) is 26.0 Å². The lowest BCUT2D eigenvalue weighted by Crippen LogP contribution is -2.67. The van der Waals surface area contributed by atoms with Crippen molar-refractivity contribution in [2.45, 2.75) is 90.4 Å². The van der Waals surface area contributed by atoms with Crippen molar-refractivity contribution in [1.82, 2.24) is 0 Å². The summed E-state index contributed by atoms with van der Waals surface area (Å²) in [5, 5.41) is 24.0. The number of esters is 1. The van der Waals surface area contributed by atoms with Crippen LogP contribution in [-0.2, 0) is 14.3 Å². The molecule has 7 atom stereocenters. The van der Waals surface area contributed by atoms with Gasteiger partial charge in [-0.15, -0.1) is 0 Å². The van der Waals surface area contributed by atoms with Gasteiger partial charge in [0.1, 0.15) is 17.3 Å². The second-order valence-corrected chi connectivity index (χ2v) is 11.6. The first-order valence-electron chi connectivity index (χ1n) is 12.3. The van der Waals surface area contributed by atoms with E-state index in [9.17, 15) is 19.8 Å². The third kappa shape index (κ3) is 2.72. The van der Waals surface area contributed by atoms with Gasteiger partial charge in [0, 0.05) is 17.4 Å². The molecule has 0 radical (unpaired) electrons. The number of carbonyl (C=O) groups excluding carboxylic acids is 2. The van der Waals surface area contributed by atoms with Gasteiger partial charge >= 0.3 is 5.97 Å². The third-order valence-corrected chi connectivity index (χ3v) is 10.3. The van der Waals surface area contributed by atoms with Gasteiger partial charge in [0.15, 0.2) is 5.78 Å². The number of ether oxygens (including phenoxy) is 1. The highest BCUT2D eigenvalue weighted by Crippen LogP contribution is 2.66. The van der Waals surface area contributed by atoms with Gasteiger partial charge in [-0.25, -0.2) is 4.79 Å². The lowest BCUT2D eigenvalue weighted by atomic mass is 9.47. The maximum Gasteiger partial charge on any atom is 0.334 e. The highest BCUT2D eigenvalue weighted by Gasteiger charge is 2.68. The zero-order valence-corrected chi connectivity index (χ0v) is 20.4. The summed E-state index contributed by atoms with van der Waals surface area (Å²) in [6.45, 7) is 9.40. The van der Waals surface area contributed by atoms with Crippen molar-refractivity contribution in [2.24, 2.45) is 22.7 Å². The number of aliphatic hydroxyl groups is 2. The molecular formula is C28H36O5. The van der Waals surface area contributed by atoms with Crippen LogP contribution in [0.25, 0.3) is 0 Å². The van der Waals surface area contributed by atoms with E-state index in [-0.39, 0.29) is 17.6 Å². The first kappa shape index (κ1) is 22.8. The summed E-state index contributed by atoms with van der Waals surface area (Å²) in [6.07, 6.45) is 11.2. The third-order valence-electron chi connectivity index (χ3n) is 10.3. The lowest BCUT2D eigenvalue weighted by molar-refractivity contribution is -0.239. The van der Waals surface area contributed by atoms with Crippen LogP contribution in [0.3, 0.4) is 0 Å². The standard InChI is InChI=1S/C28H36O5/c1-16-15-23(33-24(30)17(16)2)27(5,31)28(32)14-12-20-19-10-9-18-7-6-8-22(29)26(18,4)21(19)11-13-25(20,28)3/h6,8-9,12,19,21,23,31-32H,7,10-11,13-15H2,1-5H3. The molecule has 1 aliphatic heterocycles. The van der Waals surface area contributed by atoms with Crippen molar-refractivity contribution in [2.75, 3.05) is 0 Å². The maximum atomic E-state index is 13.1. The van der Waals surface area contributed by atoms with Crippen LogP contribution in [0.2, 0.25) is 0 Å². The van der Waals surface area contributed by atoms with Gasteiger partial charge in [-0.1, -0.05) is 41.9 Å². The molecule has 0 bridgehead atoms. The summed E-state index contributed by atoms with van der Waals surface area (Å²) in [5.74, 6) is 0.123. The first-order chi connectivity index (χ1) is 15.4. The van der Waals surface area contributed by atoms with Crippen LogP contribution in [0.1, 0.15) is 73.1 Å². The fraction of sp³-hybridized carbons (Fsp3) is 0.643. The lowest BCUT2D eigenvalue weighted by Gasteiger charge is -2.59. The van der Waals surface area contributed by atoms with Gasteiger partial charge in [-0.2, -0.15) is 0 Å². The number of rotatable bonds is 2. The molecule has 0 saturated heterocycles. The zero-order chi connectivity index (χ0) is 24.0. The molecule has 5 aliphatic rings. The molecule has 5 heteroatoms. The molecule has 0 aromatic rings. The van der Waals surface area contributed by atoms with Crippen molar-refractivity contribution in [3.05, 3.63) is 46.6 Å². The molecule has 178 valence electrons. The molecule has 4 aliphatic carbocycles. The summed E-state index contributed by atoms with van der Waals surface area (Å²) in [4.78, 5) is 25.5. The van der Waals surface area contributed by atoms with Crippen LogP contribution in [0.15, 0.2) is 46.6 Å². The maximum absolute atomic E-state index is 13.1. The average Bonchev–Trinajstić information content (AvgIpc) is 3.05. The molecule has 5 rings (SSSR count). The molecule has 0 spiro atoms. The number of fused-ring (bicyclic) bond motifs is 5. The van der Waals surface area contributed by atoms with Gasteiger partial charge in [0.2, 0.25) is 0 Å². The predicted molar refractivity (Wildman–Crippen MR) is 125 cm³/mol. The molecule has 0 aromatic heterocycles. The predicted octanol–water partition coefficient (Wildman–Crippen LogP) is 4.35. The smallest absolute Gasteiger partial charge is 0.334 e. The van der Waals surface area contributed by atoms with Crippen LogP contribution in [-0.4, -0.2) is 39.3 Å².